The van der Waals surface area contributed by atoms with Crippen molar-refractivity contribution in [1.82, 2.24) is 19.7 Å². The maximum absolute atomic E-state index is 13.1. The van der Waals surface area contributed by atoms with Crippen LogP contribution in [0.2, 0.25) is 0 Å². The SMILES string of the molecule is C=C[C@@](C)(O)CN1CCN(Cc2nc(C(=O)N3CCN(c4ccc(F)cc4)CC3)co2)CC1. The van der Waals surface area contributed by atoms with Crippen molar-refractivity contribution in [2.24, 2.45) is 0 Å². The van der Waals surface area contributed by atoms with E-state index in [4.69, 9.17) is 4.42 Å². The summed E-state index contributed by atoms with van der Waals surface area (Å²) < 4.78 is 18.7. The highest BCUT2D eigenvalue weighted by Crippen LogP contribution is 2.18. The lowest BCUT2D eigenvalue weighted by atomic mass is 10.1. The molecule has 0 bridgehead atoms. The number of piperazine rings is 2. The fourth-order valence-electron chi connectivity index (χ4n) is 4.28. The molecule has 4 rings (SSSR count). The number of carbonyl (C=O) groups is 1. The first-order chi connectivity index (χ1) is 15.8. The van der Waals surface area contributed by atoms with E-state index in [0.29, 0.717) is 50.9 Å². The molecule has 0 unspecified atom stereocenters. The number of benzene rings is 1. The minimum absolute atomic E-state index is 0.125. The molecule has 33 heavy (non-hydrogen) atoms. The van der Waals surface area contributed by atoms with Crippen LogP contribution in [0.15, 0.2) is 47.6 Å². The van der Waals surface area contributed by atoms with Crippen molar-refractivity contribution >= 4 is 11.6 Å². The largest absolute Gasteiger partial charge is 0.447 e. The van der Waals surface area contributed by atoms with Gasteiger partial charge < -0.3 is 19.3 Å². The number of amides is 1. The normalized spacial score (nSPS) is 20.0. The zero-order chi connectivity index (χ0) is 23.4. The summed E-state index contributed by atoms with van der Waals surface area (Å²) in [4.78, 5) is 25.7. The second-order valence-electron chi connectivity index (χ2n) is 9.00. The summed E-state index contributed by atoms with van der Waals surface area (Å²) in [5.41, 5.74) is 0.408. The molecule has 2 aromatic rings. The number of anilines is 1. The van der Waals surface area contributed by atoms with Crippen molar-refractivity contribution in [2.45, 2.75) is 19.1 Å². The topological polar surface area (TPSA) is 76.3 Å². The van der Waals surface area contributed by atoms with Gasteiger partial charge in [0, 0.05) is 64.6 Å². The molecule has 0 spiro atoms. The van der Waals surface area contributed by atoms with Crippen LogP contribution in [0.5, 0.6) is 0 Å². The van der Waals surface area contributed by atoms with Gasteiger partial charge in [-0.1, -0.05) is 6.08 Å². The number of rotatable bonds is 7. The molecular formula is C24H32FN5O3. The summed E-state index contributed by atoms with van der Waals surface area (Å²) in [5, 5.41) is 10.2. The Kier molecular flexibility index (Phi) is 7.11. The summed E-state index contributed by atoms with van der Waals surface area (Å²) in [7, 11) is 0. The van der Waals surface area contributed by atoms with Crippen molar-refractivity contribution < 1.29 is 18.7 Å². The van der Waals surface area contributed by atoms with Crippen molar-refractivity contribution in [3.63, 3.8) is 0 Å². The average molecular weight is 458 g/mol. The van der Waals surface area contributed by atoms with E-state index in [2.05, 4.69) is 26.3 Å². The predicted molar refractivity (Wildman–Crippen MR) is 124 cm³/mol. The van der Waals surface area contributed by atoms with Crippen LogP contribution in [0.1, 0.15) is 23.3 Å². The van der Waals surface area contributed by atoms with Gasteiger partial charge in [0.05, 0.1) is 12.1 Å². The quantitative estimate of drug-likeness (QED) is 0.636. The molecule has 2 saturated heterocycles. The molecule has 9 heteroatoms. The number of hydrogen-bond acceptors (Lipinski definition) is 7. The number of halogens is 1. The number of aliphatic hydroxyl groups is 1. The molecule has 0 aliphatic carbocycles. The van der Waals surface area contributed by atoms with Gasteiger partial charge in [0.15, 0.2) is 5.69 Å². The van der Waals surface area contributed by atoms with Gasteiger partial charge in [-0.25, -0.2) is 9.37 Å². The van der Waals surface area contributed by atoms with E-state index in [0.717, 1.165) is 31.9 Å². The van der Waals surface area contributed by atoms with Gasteiger partial charge in [-0.3, -0.25) is 14.6 Å². The number of β-amino-alcohol motifs (C(OH)–C–C–N with tert-alkyl or cyclic N) is 1. The summed E-state index contributed by atoms with van der Waals surface area (Å²) in [6.07, 6.45) is 3.02. The Morgan fingerprint density at radius 1 is 1.12 bits per heavy atom. The Morgan fingerprint density at radius 3 is 2.39 bits per heavy atom. The van der Waals surface area contributed by atoms with E-state index >= 15 is 0 Å². The third-order valence-corrected chi connectivity index (χ3v) is 6.34. The van der Waals surface area contributed by atoms with E-state index in [1.165, 1.54) is 18.4 Å². The van der Waals surface area contributed by atoms with Gasteiger partial charge >= 0.3 is 0 Å². The summed E-state index contributed by atoms with van der Waals surface area (Å²) in [6, 6.07) is 6.43. The van der Waals surface area contributed by atoms with Crippen LogP contribution in [-0.4, -0.2) is 95.2 Å². The first-order valence-electron chi connectivity index (χ1n) is 11.4. The van der Waals surface area contributed by atoms with E-state index in [1.54, 1.807) is 30.0 Å². The van der Waals surface area contributed by atoms with Crippen LogP contribution in [-0.2, 0) is 6.54 Å². The fraction of sp³-hybridized carbons (Fsp3) is 0.500. The van der Waals surface area contributed by atoms with E-state index in [9.17, 15) is 14.3 Å². The Bertz CT molecular complexity index is 945. The fourth-order valence-corrected chi connectivity index (χ4v) is 4.28. The second kappa shape index (κ2) is 10.0. The van der Waals surface area contributed by atoms with Crippen LogP contribution < -0.4 is 4.90 Å². The average Bonchev–Trinajstić information content (AvgIpc) is 3.29. The number of nitrogens with zero attached hydrogens (tertiary/aromatic N) is 5. The Morgan fingerprint density at radius 2 is 1.76 bits per heavy atom. The van der Waals surface area contributed by atoms with Crippen LogP contribution >= 0.6 is 0 Å². The standard InChI is InChI=1S/C24H32FN5O3/c1-3-24(2,32)18-28-10-8-27(9-11-28)16-22-26-21(17-33-22)23(31)30-14-12-29(13-15-30)20-6-4-19(25)5-7-20/h3-7,17,32H,1,8-16,18H2,2H3/t24-/m1/s1. The number of oxazole rings is 1. The monoisotopic (exact) mass is 457 g/mol. The molecule has 1 aromatic heterocycles. The highest BCUT2D eigenvalue weighted by molar-refractivity contribution is 5.92. The molecule has 0 saturated carbocycles. The summed E-state index contributed by atoms with van der Waals surface area (Å²) >= 11 is 0. The van der Waals surface area contributed by atoms with E-state index in [-0.39, 0.29) is 11.7 Å². The van der Waals surface area contributed by atoms with E-state index < -0.39 is 5.60 Å². The summed E-state index contributed by atoms with van der Waals surface area (Å²) in [6.45, 7) is 12.5. The molecule has 2 aliphatic rings. The molecule has 178 valence electrons. The Hall–Kier alpha value is -2.75. The Labute approximate surface area is 193 Å². The number of carbonyl (C=O) groups excluding carboxylic acids is 1. The zero-order valence-electron chi connectivity index (χ0n) is 19.1. The van der Waals surface area contributed by atoms with E-state index in [1.807, 2.05) is 0 Å². The highest BCUT2D eigenvalue weighted by atomic mass is 19.1. The van der Waals surface area contributed by atoms with Gasteiger partial charge in [0.2, 0.25) is 5.89 Å². The first kappa shape index (κ1) is 23.4. The lowest BCUT2D eigenvalue weighted by Crippen LogP contribution is -2.50. The van der Waals surface area contributed by atoms with Crippen molar-refractivity contribution in [3.05, 3.63) is 60.6 Å². The zero-order valence-corrected chi connectivity index (χ0v) is 19.1. The van der Waals surface area contributed by atoms with Crippen molar-refractivity contribution in [3.8, 4) is 0 Å². The van der Waals surface area contributed by atoms with Crippen molar-refractivity contribution in [1.29, 1.82) is 0 Å². The highest BCUT2D eigenvalue weighted by Gasteiger charge is 2.27. The molecule has 1 aromatic carbocycles. The van der Waals surface area contributed by atoms with Crippen molar-refractivity contribution in [2.75, 3.05) is 63.8 Å². The van der Waals surface area contributed by atoms with Gasteiger partial charge in [-0.15, -0.1) is 6.58 Å². The van der Waals surface area contributed by atoms with Gasteiger partial charge in [-0.05, 0) is 31.2 Å². The van der Waals surface area contributed by atoms with Gasteiger partial charge in [0.25, 0.3) is 5.91 Å². The Balaban J connectivity index is 1.24. The van der Waals surface area contributed by atoms with Gasteiger partial charge in [0.1, 0.15) is 12.1 Å². The predicted octanol–water partition coefficient (Wildman–Crippen LogP) is 1.83. The molecule has 2 aliphatic heterocycles. The maximum atomic E-state index is 13.1. The van der Waals surface area contributed by atoms with Crippen LogP contribution in [0.25, 0.3) is 0 Å². The number of hydrogen-bond donors (Lipinski definition) is 1. The molecule has 2 fully saturated rings. The molecule has 8 nitrogen and oxygen atoms in total. The maximum Gasteiger partial charge on any atom is 0.275 e. The van der Waals surface area contributed by atoms with Crippen LogP contribution in [0.4, 0.5) is 10.1 Å². The lowest BCUT2D eigenvalue weighted by molar-refractivity contribution is 0.0348. The third kappa shape index (κ3) is 5.98. The molecule has 3 heterocycles. The minimum atomic E-state index is -0.884. The molecule has 1 N–H and O–H groups in total. The first-order valence-corrected chi connectivity index (χ1v) is 11.4. The summed E-state index contributed by atoms with van der Waals surface area (Å²) in [5.74, 6) is 0.159. The smallest absolute Gasteiger partial charge is 0.275 e. The number of aromatic nitrogens is 1. The van der Waals surface area contributed by atoms with Crippen LogP contribution in [0, 0.1) is 5.82 Å². The second-order valence-corrected chi connectivity index (χ2v) is 9.00. The lowest BCUT2D eigenvalue weighted by Gasteiger charge is -2.37. The van der Waals surface area contributed by atoms with Crippen LogP contribution in [0.3, 0.4) is 0 Å². The third-order valence-electron chi connectivity index (χ3n) is 6.34. The molecular weight excluding hydrogens is 425 g/mol. The van der Waals surface area contributed by atoms with Gasteiger partial charge in [-0.2, -0.15) is 0 Å². The molecule has 0 radical (unpaired) electrons. The molecule has 1 atom stereocenters. The minimum Gasteiger partial charge on any atom is -0.447 e. The molecule has 1 amide bonds.